The summed E-state index contributed by atoms with van der Waals surface area (Å²) >= 11 is 0. The van der Waals surface area contributed by atoms with E-state index < -0.39 is 17.6 Å². The molecule has 2 aliphatic rings. The normalized spacial score (nSPS) is 15.5. The molecule has 1 fully saturated rings. The monoisotopic (exact) mass is 630 g/mol. The van der Waals surface area contributed by atoms with Crippen LogP contribution in [0.4, 0.5) is 46.8 Å². The first-order valence-electron chi connectivity index (χ1n) is 14.8. The third-order valence-corrected chi connectivity index (χ3v) is 8.01. The summed E-state index contributed by atoms with van der Waals surface area (Å²) < 4.78 is 39.5. The van der Waals surface area contributed by atoms with Gasteiger partial charge in [0.25, 0.3) is 5.91 Å². The van der Waals surface area contributed by atoms with Crippen molar-refractivity contribution in [2.75, 3.05) is 53.7 Å². The Kier molecular flexibility index (Phi) is 8.61. The molecule has 3 aromatic carbocycles. The van der Waals surface area contributed by atoms with E-state index in [9.17, 15) is 22.8 Å². The lowest BCUT2D eigenvalue weighted by molar-refractivity contribution is -0.137. The van der Waals surface area contributed by atoms with Gasteiger partial charge in [-0.15, -0.1) is 0 Å². The van der Waals surface area contributed by atoms with Gasteiger partial charge in [-0.05, 0) is 60.5 Å². The summed E-state index contributed by atoms with van der Waals surface area (Å²) in [6.07, 6.45) is -2.89. The highest BCUT2D eigenvalue weighted by Gasteiger charge is 2.32. The molecule has 10 nitrogen and oxygen atoms in total. The van der Waals surface area contributed by atoms with Crippen molar-refractivity contribution in [1.29, 1.82) is 0 Å². The van der Waals surface area contributed by atoms with Crippen molar-refractivity contribution in [2.45, 2.75) is 26.2 Å². The molecule has 46 heavy (non-hydrogen) atoms. The average Bonchev–Trinajstić information content (AvgIpc) is 3.04. The number of benzene rings is 3. The summed E-state index contributed by atoms with van der Waals surface area (Å²) in [5.74, 6) is 0.139. The van der Waals surface area contributed by atoms with E-state index in [2.05, 4.69) is 43.0 Å². The third kappa shape index (κ3) is 6.80. The van der Waals surface area contributed by atoms with Gasteiger partial charge in [0, 0.05) is 68.5 Å². The van der Waals surface area contributed by atoms with Crippen molar-refractivity contribution in [3.8, 4) is 0 Å². The fourth-order valence-electron chi connectivity index (χ4n) is 5.58. The zero-order valence-electron chi connectivity index (χ0n) is 25.4. The van der Waals surface area contributed by atoms with Crippen molar-refractivity contribution >= 4 is 40.8 Å². The van der Waals surface area contributed by atoms with Gasteiger partial charge in [-0.2, -0.15) is 18.2 Å². The number of hydrogen-bond donors (Lipinski definition) is 3. The number of nitrogens with one attached hydrogen (secondary N) is 3. The highest BCUT2D eigenvalue weighted by atomic mass is 19.4. The Bertz CT molecular complexity index is 1770. The molecular formula is C33H33F3N8O2. The Morgan fingerprint density at radius 3 is 2.57 bits per heavy atom. The van der Waals surface area contributed by atoms with Gasteiger partial charge in [-0.3, -0.25) is 19.5 Å². The Balaban J connectivity index is 1.18. The molecule has 0 spiro atoms. The number of halogens is 3. The molecule has 0 unspecified atom stereocenters. The maximum Gasteiger partial charge on any atom is 0.416 e. The van der Waals surface area contributed by atoms with Gasteiger partial charge in [-0.1, -0.05) is 24.3 Å². The topological polar surface area (TPSA) is 106 Å². The number of urea groups is 1. The quantitative estimate of drug-likeness (QED) is 0.238. The van der Waals surface area contributed by atoms with E-state index in [1.165, 1.54) is 22.6 Å². The summed E-state index contributed by atoms with van der Waals surface area (Å²) in [4.78, 5) is 41.0. The van der Waals surface area contributed by atoms with Gasteiger partial charge in [-0.25, -0.2) is 9.78 Å². The Labute approximate surface area is 264 Å². The number of amides is 3. The zero-order valence-corrected chi connectivity index (χ0v) is 25.4. The SMILES string of the molecule is Cc1ccc(NC(=O)c2cccc(C(F)(F)F)c2)cc1N1Cc2cnc(Nc3cccc(CN4CCNCC4)c3)nc2N(C)C1=O. The number of nitrogens with zero attached hydrogens (tertiary/aromatic N) is 5. The number of rotatable bonds is 7. The molecule has 1 aromatic heterocycles. The first-order chi connectivity index (χ1) is 22.0. The van der Waals surface area contributed by atoms with Gasteiger partial charge in [0.15, 0.2) is 0 Å². The molecule has 0 bridgehead atoms. The largest absolute Gasteiger partial charge is 0.416 e. The van der Waals surface area contributed by atoms with Crippen LogP contribution in [0.15, 0.2) is 72.9 Å². The molecule has 13 heteroatoms. The molecule has 0 radical (unpaired) electrons. The smallest absolute Gasteiger partial charge is 0.324 e. The molecule has 1 saturated heterocycles. The van der Waals surface area contributed by atoms with Crippen LogP contribution in [0.2, 0.25) is 0 Å². The highest BCUT2D eigenvalue weighted by molar-refractivity contribution is 6.07. The van der Waals surface area contributed by atoms with E-state index >= 15 is 0 Å². The van der Waals surface area contributed by atoms with Crippen LogP contribution >= 0.6 is 0 Å². The molecule has 0 aliphatic carbocycles. The summed E-state index contributed by atoms with van der Waals surface area (Å²) in [5.41, 5.74) is 3.33. The van der Waals surface area contributed by atoms with E-state index in [0.29, 0.717) is 23.1 Å². The predicted octanol–water partition coefficient (Wildman–Crippen LogP) is 5.78. The van der Waals surface area contributed by atoms with E-state index in [4.69, 9.17) is 0 Å². The molecule has 0 saturated carbocycles. The third-order valence-electron chi connectivity index (χ3n) is 8.01. The lowest BCUT2D eigenvalue weighted by atomic mass is 10.1. The summed E-state index contributed by atoms with van der Waals surface area (Å²) in [6.45, 7) is 6.83. The van der Waals surface area contributed by atoms with Crippen molar-refractivity contribution in [2.24, 2.45) is 0 Å². The first kappa shape index (κ1) is 31.0. The molecule has 3 amide bonds. The number of carbonyl (C=O) groups is 2. The first-order valence-corrected chi connectivity index (χ1v) is 14.8. The van der Waals surface area contributed by atoms with E-state index in [1.54, 1.807) is 36.3 Å². The van der Waals surface area contributed by atoms with Crippen molar-refractivity contribution < 1.29 is 22.8 Å². The lowest BCUT2D eigenvalue weighted by Crippen LogP contribution is -2.46. The molecule has 4 aromatic rings. The number of piperazine rings is 1. The number of carbonyl (C=O) groups excluding carboxylic acids is 2. The minimum atomic E-state index is -4.57. The Morgan fingerprint density at radius 1 is 1.00 bits per heavy atom. The Morgan fingerprint density at radius 2 is 1.78 bits per heavy atom. The van der Waals surface area contributed by atoms with E-state index in [-0.39, 0.29) is 18.1 Å². The van der Waals surface area contributed by atoms with Crippen LogP contribution < -0.4 is 25.8 Å². The molecule has 6 rings (SSSR count). The highest BCUT2D eigenvalue weighted by Crippen LogP contribution is 2.34. The van der Waals surface area contributed by atoms with Gasteiger partial charge in [0.2, 0.25) is 5.95 Å². The number of hydrogen-bond acceptors (Lipinski definition) is 7. The molecule has 0 atom stereocenters. The molecule has 3 N–H and O–H groups in total. The fourth-order valence-corrected chi connectivity index (χ4v) is 5.58. The predicted molar refractivity (Wildman–Crippen MR) is 170 cm³/mol. The van der Waals surface area contributed by atoms with Crippen LogP contribution in [0.3, 0.4) is 0 Å². The minimum absolute atomic E-state index is 0.132. The molecular weight excluding hydrogens is 597 g/mol. The van der Waals surface area contributed by atoms with Crippen LogP contribution in [-0.2, 0) is 19.3 Å². The lowest BCUT2D eigenvalue weighted by Gasteiger charge is -2.35. The standard InChI is InChI=1S/C33H33F3N8O2/c1-21-9-10-27(39-30(45)23-6-4-7-25(16-23)33(34,35)36)17-28(21)44-20-24-18-38-31(41-29(24)42(2)32(44)46)40-26-8-3-5-22(15-26)19-43-13-11-37-12-14-43/h3-10,15-18,37H,11-14,19-20H2,1-2H3,(H,39,45)(H,38,40,41). The van der Waals surface area contributed by atoms with Crippen molar-refractivity contribution in [1.82, 2.24) is 20.2 Å². The number of aryl methyl sites for hydroxylation is 1. The summed E-state index contributed by atoms with van der Waals surface area (Å²) in [6, 6.07) is 17.0. The number of aromatic nitrogens is 2. The molecule has 238 valence electrons. The number of fused-ring (bicyclic) bond motifs is 1. The van der Waals surface area contributed by atoms with Crippen LogP contribution in [-0.4, -0.2) is 60.0 Å². The van der Waals surface area contributed by atoms with Crippen molar-refractivity contribution in [3.05, 3.63) is 101 Å². The fraction of sp³-hybridized carbons (Fsp3) is 0.273. The van der Waals surface area contributed by atoms with Crippen LogP contribution in [0, 0.1) is 6.92 Å². The van der Waals surface area contributed by atoms with Crippen molar-refractivity contribution in [3.63, 3.8) is 0 Å². The second-order valence-electron chi connectivity index (χ2n) is 11.4. The van der Waals surface area contributed by atoms with Gasteiger partial charge in [0.05, 0.1) is 17.8 Å². The molecule has 3 heterocycles. The second kappa shape index (κ2) is 12.8. The van der Waals surface area contributed by atoms with Crippen LogP contribution in [0.1, 0.15) is 32.6 Å². The summed E-state index contributed by atoms with van der Waals surface area (Å²) in [7, 11) is 1.63. The van der Waals surface area contributed by atoms with Crippen LogP contribution in [0.25, 0.3) is 0 Å². The van der Waals surface area contributed by atoms with Crippen LogP contribution in [0.5, 0.6) is 0 Å². The van der Waals surface area contributed by atoms with Gasteiger partial charge >= 0.3 is 12.2 Å². The average molecular weight is 631 g/mol. The van der Waals surface area contributed by atoms with E-state index in [1.807, 2.05) is 19.1 Å². The maximum atomic E-state index is 13.6. The number of alkyl halides is 3. The molecule has 2 aliphatic heterocycles. The number of anilines is 5. The maximum absolute atomic E-state index is 13.6. The summed E-state index contributed by atoms with van der Waals surface area (Å²) in [5, 5.41) is 9.28. The Hall–Kier alpha value is -5.01. The van der Waals surface area contributed by atoms with Gasteiger partial charge in [0.1, 0.15) is 5.82 Å². The second-order valence-corrected chi connectivity index (χ2v) is 11.4. The van der Waals surface area contributed by atoms with Gasteiger partial charge < -0.3 is 16.0 Å². The van der Waals surface area contributed by atoms with E-state index in [0.717, 1.165) is 61.7 Å². The minimum Gasteiger partial charge on any atom is -0.324 e. The zero-order chi connectivity index (χ0) is 32.4.